The molecule has 0 unspecified atom stereocenters. The second-order valence-electron chi connectivity index (χ2n) is 6.34. The maximum atomic E-state index is 12.5. The Morgan fingerprint density at radius 2 is 1.96 bits per heavy atom. The molecule has 0 bridgehead atoms. The number of hydrogen-bond donors (Lipinski definition) is 2. The molecule has 27 heavy (non-hydrogen) atoms. The number of rotatable bonds is 5. The lowest BCUT2D eigenvalue weighted by atomic mass is 10.0. The number of thioether (sulfide) groups is 1. The Hall–Kier alpha value is -2.51. The van der Waals surface area contributed by atoms with Crippen LogP contribution in [0.4, 0.5) is 5.69 Å². The molecule has 0 spiro atoms. The maximum Gasteiger partial charge on any atom is 0.353 e. The highest BCUT2D eigenvalue weighted by Crippen LogP contribution is 2.42. The van der Waals surface area contributed by atoms with Gasteiger partial charge in [-0.15, -0.1) is 11.8 Å². The van der Waals surface area contributed by atoms with Gasteiger partial charge >= 0.3 is 5.97 Å². The summed E-state index contributed by atoms with van der Waals surface area (Å²) in [6.07, 6.45) is 3.90. The summed E-state index contributed by atoms with van der Waals surface area (Å²) in [5, 5.41) is 12.5. The number of aliphatic carboxylic acids is 1. The number of β-lactam (4-membered cyclic amide) rings is 1. The second-order valence-corrected chi connectivity index (χ2v) is 7.90. The molecule has 0 saturated carbocycles. The zero-order valence-corrected chi connectivity index (χ0v) is 15.8. The molecule has 1 fully saturated rings. The van der Waals surface area contributed by atoms with Crippen LogP contribution in [0.1, 0.15) is 5.56 Å². The molecule has 8 heteroatoms. The minimum atomic E-state index is -1.17. The molecular weight excluding hydrogens is 386 g/mol. The Kier molecular flexibility index (Phi) is 4.80. The molecule has 138 valence electrons. The van der Waals surface area contributed by atoms with Gasteiger partial charge < -0.3 is 10.4 Å². The lowest BCUT2D eigenvalue weighted by Gasteiger charge is -2.49. The first-order valence-electron chi connectivity index (χ1n) is 8.41. The Morgan fingerprint density at radius 1 is 1.26 bits per heavy atom. The minimum Gasteiger partial charge on any atom is -0.477 e. The molecule has 2 aliphatic heterocycles. The summed E-state index contributed by atoms with van der Waals surface area (Å²) in [5.74, 6) is -1.05. The molecule has 0 radical (unpaired) electrons. The van der Waals surface area contributed by atoms with Gasteiger partial charge in [-0.2, -0.15) is 0 Å². The molecule has 4 rings (SSSR count). The number of hydrogen-bond acceptors (Lipinski definition) is 4. The van der Waals surface area contributed by atoms with Crippen LogP contribution >= 0.6 is 23.4 Å². The first kappa shape index (κ1) is 17.9. The number of halogens is 1. The highest BCUT2D eigenvalue weighted by molar-refractivity contribution is 8.00. The summed E-state index contributed by atoms with van der Waals surface area (Å²) >= 11 is 7.45. The fraction of sp³-hybridized carbons (Fsp3) is 0.211. The Bertz CT molecular complexity index is 918. The van der Waals surface area contributed by atoms with Gasteiger partial charge in [0.1, 0.15) is 17.1 Å². The number of pyridine rings is 1. The van der Waals surface area contributed by atoms with Crippen molar-refractivity contribution in [2.75, 3.05) is 11.1 Å². The van der Waals surface area contributed by atoms with Crippen LogP contribution in [-0.4, -0.2) is 39.1 Å². The number of amides is 1. The summed E-state index contributed by atoms with van der Waals surface area (Å²) in [7, 11) is 0. The van der Waals surface area contributed by atoms with Crippen LogP contribution in [0.25, 0.3) is 0 Å². The fourth-order valence-corrected chi connectivity index (χ4v) is 4.76. The summed E-state index contributed by atoms with van der Waals surface area (Å²) in [6, 6.07) is 13.5. The average molecular weight is 403 g/mol. The van der Waals surface area contributed by atoms with Gasteiger partial charge in [-0.1, -0.05) is 41.9 Å². The van der Waals surface area contributed by atoms with Crippen LogP contribution in [0.5, 0.6) is 0 Å². The molecule has 6 nitrogen and oxygen atoms in total. The smallest absolute Gasteiger partial charge is 0.353 e. The number of aromatic nitrogens is 1. The predicted molar refractivity (Wildman–Crippen MR) is 103 cm³/mol. The molecule has 2 atom stereocenters. The van der Waals surface area contributed by atoms with Crippen LogP contribution in [0.3, 0.4) is 0 Å². The number of nitrogens with one attached hydrogen (secondary N) is 1. The van der Waals surface area contributed by atoms with E-state index in [4.69, 9.17) is 11.6 Å². The number of nitrogens with zero attached hydrogens (tertiary/aromatic N) is 2. The summed E-state index contributed by atoms with van der Waals surface area (Å²) in [6.45, 7) is 0.765. The van der Waals surface area contributed by atoms with Gasteiger partial charge in [0.2, 0.25) is 0 Å². The van der Waals surface area contributed by atoms with Crippen LogP contribution in [0.2, 0.25) is 0 Å². The van der Waals surface area contributed by atoms with Crippen molar-refractivity contribution in [1.29, 1.82) is 0 Å². The second kappa shape index (κ2) is 7.25. The SMILES string of the molecule is O=C(O)C1=C(Cl)CS[C@@H]2[C@H](Nc3cc[n+](Cc4ccccc4)cc3)C(=O)N12. The summed E-state index contributed by atoms with van der Waals surface area (Å²) in [5.41, 5.74) is 1.92. The van der Waals surface area contributed by atoms with Crippen molar-refractivity contribution in [3.05, 3.63) is 71.2 Å². The van der Waals surface area contributed by atoms with Gasteiger partial charge in [0.25, 0.3) is 5.91 Å². The highest BCUT2D eigenvalue weighted by atomic mass is 35.5. The van der Waals surface area contributed by atoms with E-state index in [9.17, 15) is 14.7 Å². The third-order valence-electron chi connectivity index (χ3n) is 4.55. The number of carboxylic acids is 1. The van der Waals surface area contributed by atoms with Crippen LogP contribution in [0.15, 0.2) is 65.6 Å². The summed E-state index contributed by atoms with van der Waals surface area (Å²) < 4.78 is 2.05. The van der Waals surface area contributed by atoms with Gasteiger partial charge in [-0.25, -0.2) is 9.36 Å². The molecule has 1 aromatic heterocycles. The first-order valence-corrected chi connectivity index (χ1v) is 9.83. The van der Waals surface area contributed by atoms with Gasteiger partial charge in [0, 0.05) is 29.1 Å². The number of carbonyl (C=O) groups is 2. The van der Waals surface area contributed by atoms with E-state index in [0.29, 0.717) is 5.75 Å². The minimum absolute atomic E-state index is 0.0998. The first-order chi connectivity index (χ1) is 13.0. The number of carbonyl (C=O) groups excluding carboxylic acids is 1. The third-order valence-corrected chi connectivity index (χ3v) is 6.30. The number of fused-ring (bicyclic) bond motifs is 1. The van der Waals surface area contributed by atoms with Crippen molar-refractivity contribution in [1.82, 2.24) is 4.90 Å². The van der Waals surface area contributed by atoms with E-state index in [1.54, 1.807) is 0 Å². The quantitative estimate of drug-likeness (QED) is 0.592. The van der Waals surface area contributed by atoms with Gasteiger partial charge in [-0.3, -0.25) is 9.69 Å². The molecule has 2 aliphatic rings. The molecule has 1 aromatic carbocycles. The monoisotopic (exact) mass is 402 g/mol. The normalized spacial score (nSPS) is 21.5. The number of carboxylic acid groups (broad SMARTS) is 1. The number of benzene rings is 1. The van der Waals surface area contributed by atoms with Crippen LogP contribution < -0.4 is 9.88 Å². The van der Waals surface area contributed by atoms with E-state index >= 15 is 0 Å². The Morgan fingerprint density at radius 3 is 2.63 bits per heavy atom. The van der Waals surface area contributed by atoms with E-state index in [-0.39, 0.29) is 22.0 Å². The Labute approximate surface area is 165 Å². The average Bonchev–Trinajstić information content (AvgIpc) is 2.67. The molecule has 2 aromatic rings. The molecular formula is C19H17ClN3O3S+. The zero-order valence-electron chi connectivity index (χ0n) is 14.2. The molecule has 0 aliphatic carbocycles. The third kappa shape index (κ3) is 3.40. The van der Waals surface area contributed by atoms with Crippen molar-refractivity contribution in [2.24, 2.45) is 0 Å². The van der Waals surface area contributed by atoms with Crippen LogP contribution in [0, 0.1) is 0 Å². The molecule has 2 N–H and O–H groups in total. The predicted octanol–water partition coefficient (Wildman–Crippen LogP) is 2.25. The van der Waals surface area contributed by atoms with Crippen molar-refractivity contribution >= 4 is 40.9 Å². The van der Waals surface area contributed by atoms with Crippen molar-refractivity contribution in [3.8, 4) is 0 Å². The van der Waals surface area contributed by atoms with Gasteiger partial charge in [-0.05, 0) is 0 Å². The van der Waals surface area contributed by atoms with Crippen molar-refractivity contribution in [3.63, 3.8) is 0 Å². The zero-order chi connectivity index (χ0) is 19.0. The van der Waals surface area contributed by atoms with E-state index in [1.807, 2.05) is 42.7 Å². The van der Waals surface area contributed by atoms with E-state index in [2.05, 4.69) is 22.0 Å². The molecule has 3 heterocycles. The molecule has 1 saturated heterocycles. The lowest BCUT2D eigenvalue weighted by molar-refractivity contribution is -0.688. The maximum absolute atomic E-state index is 12.5. The van der Waals surface area contributed by atoms with Crippen molar-refractivity contribution in [2.45, 2.75) is 18.0 Å². The Balaban J connectivity index is 1.43. The van der Waals surface area contributed by atoms with Crippen LogP contribution in [-0.2, 0) is 16.1 Å². The van der Waals surface area contributed by atoms with Gasteiger partial charge in [0.15, 0.2) is 18.9 Å². The summed E-state index contributed by atoms with van der Waals surface area (Å²) in [4.78, 5) is 25.1. The van der Waals surface area contributed by atoms with E-state index in [1.165, 1.54) is 22.2 Å². The standard InChI is InChI=1S/C19H16ClN3O3S/c20-14-11-27-18-15(17(24)23(18)16(14)19(25)26)21-13-6-8-22(9-7-13)10-12-4-2-1-3-5-12/h1-9,15,18H,10-11H2,(H,25,26)/p+1/t15-,18-/m1/s1. The topological polar surface area (TPSA) is 73.5 Å². The highest BCUT2D eigenvalue weighted by Gasteiger charge is 2.53. The molecule has 1 amide bonds. The van der Waals surface area contributed by atoms with E-state index < -0.39 is 12.0 Å². The van der Waals surface area contributed by atoms with Gasteiger partial charge in [0.05, 0.1) is 5.03 Å². The number of anilines is 1. The van der Waals surface area contributed by atoms with Crippen molar-refractivity contribution < 1.29 is 19.3 Å². The fourth-order valence-electron chi connectivity index (χ4n) is 3.21. The van der Waals surface area contributed by atoms with E-state index in [0.717, 1.165) is 12.2 Å². The largest absolute Gasteiger partial charge is 0.477 e. The lowest BCUT2D eigenvalue weighted by Crippen LogP contribution is -2.67.